The van der Waals surface area contributed by atoms with Gasteiger partial charge in [-0.05, 0) is 38.3 Å². The highest BCUT2D eigenvalue weighted by Gasteiger charge is 2.32. The zero-order valence-electron chi connectivity index (χ0n) is 11.6. The van der Waals surface area contributed by atoms with E-state index in [4.69, 9.17) is 0 Å². The number of carbonyl (C=O) groups is 1. The molecule has 1 aromatic rings. The van der Waals surface area contributed by atoms with E-state index in [9.17, 15) is 18.0 Å². The van der Waals surface area contributed by atoms with Gasteiger partial charge in [-0.1, -0.05) is 0 Å². The lowest BCUT2D eigenvalue weighted by atomic mass is 9.93. The number of imidazole rings is 1. The van der Waals surface area contributed by atoms with Gasteiger partial charge in [0.15, 0.2) is 0 Å². The molecule has 1 fully saturated rings. The molecular formula is C13H19F3N4O. The summed E-state index contributed by atoms with van der Waals surface area (Å²) in [6.07, 6.45) is 1.05. The first kappa shape index (κ1) is 15.8. The summed E-state index contributed by atoms with van der Waals surface area (Å²) >= 11 is 0. The van der Waals surface area contributed by atoms with Crippen LogP contribution in [0.1, 0.15) is 29.8 Å². The van der Waals surface area contributed by atoms with Gasteiger partial charge in [-0.15, -0.1) is 0 Å². The maximum Gasteiger partial charge on any atom is 0.401 e. The minimum Gasteiger partial charge on any atom is -0.351 e. The Labute approximate surface area is 120 Å². The Morgan fingerprint density at radius 3 is 2.71 bits per heavy atom. The first-order valence-corrected chi connectivity index (χ1v) is 7.00. The van der Waals surface area contributed by atoms with Crippen molar-refractivity contribution in [3.8, 4) is 0 Å². The van der Waals surface area contributed by atoms with Gasteiger partial charge >= 0.3 is 6.18 Å². The van der Waals surface area contributed by atoms with Crippen molar-refractivity contribution >= 4 is 5.91 Å². The molecule has 8 heteroatoms. The van der Waals surface area contributed by atoms with Crippen LogP contribution in [0.4, 0.5) is 13.2 Å². The lowest BCUT2D eigenvalue weighted by molar-refractivity contribution is -0.148. The molecule has 0 atom stereocenters. The fourth-order valence-electron chi connectivity index (χ4n) is 2.55. The fraction of sp³-hybridized carbons (Fsp3) is 0.692. The molecule has 1 aliphatic rings. The summed E-state index contributed by atoms with van der Waals surface area (Å²) in [5, 5.41) is 2.78. The molecule has 0 aromatic carbocycles. The number of hydrogen-bond donors (Lipinski definition) is 2. The number of aromatic amines is 1. The number of alkyl halides is 3. The number of rotatable bonds is 5. The number of piperidine rings is 1. The number of aromatic nitrogens is 2. The predicted molar refractivity (Wildman–Crippen MR) is 70.8 cm³/mol. The van der Waals surface area contributed by atoms with Crippen LogP contribution in [0.2, 0.25) is 0 Å². The van der Waals surface area contributed by atoms with Gasteiger partial charge in [-0.3, -0.25) is 9.69 Å². The van der Waals surface area contributed by atoms with Gasteiger partial charge in [-0.2, -0.15) is 13.2 Å². The third kappa shape index (κ3) is 5.37. The molecule has 118 valence electrons. The van der Waals surface area contributed by atoms with E-state index in [1.807, 2.05) is 0 Å². The molecule has 0 radical (unpaired) electrons. The number of hydrogen-bond acceptors (Lipinski definition) is 3. The van der Waals surface area contributed by atoms with Gasteiger partial charge in [-0.25, -0.2) is 4.98 Å². The van der Waals surface area contributed by atoms with E-state index in [0.29, 0.717) is 31.2 Å². The number of nitrogens with one attached hydrogen (secondary N) is 2. The molecule has 1 saturated heterocycles. The molecule has 0 saturated carbocycles. The number of halogens is 3. The third-order valence-corrected chi connectivity index (χ3v) is 3.69. The SMILES string of the molecule is O=C(NCCC1CCN(CC(F)(F)F)CC1)c1cnc[nH]1. The maximum atomic E-state index is 12.3. The van der Waals surface area contributed by atoms with Crippen LogP contribution in [0.25, 0.3) is 0 Å². The quantitative estimate of drug-likeness (QED) is 0.872. The Hall–Kier alpha value is -1.57. The van der Waals surface area contributed by atoms with Crippen LogP contribution < -0.4 is 5.32 Å². The highest BCUT2D eigenvalue weighted by Crippen LogP contribution is 2.23. The van der Waals surface area contributed by atoms with Crippen LogP contribution in [0.15, 0.2) is 12.5 Å². The molecule has 0 bridgehead atoms. The molecule has 0 unspecified atom stereocenters. The minimum absolute atomic E-state index is 0.206. The van der Waals surface area contributed by atoms with E-state index in [2.05, 4.69) is 15.3 Å². The molecule has 2 heterocycles. The average molecular weight is 304 g/mol. The van der Waals surface area contributed by atoms with Gasteiger partial charge in [0.1, 0.15) is 5.69 Å². The number of carbonyl (C=O) groups excluding carboxylic acids is 1. The standard InChI is InChI=1S/C13H19F3N4O/c14-13(15,16)8-20-5-2-10(3-6-20)1-4-18-12(21)11-7-17-9-19-11/h7,9-10H,1-6,8H2,(H,17,19)(H,18,21). The summed E-state index contributed by atoms with van der Waals surface area (Å²) in [6.45, 7) is 0.648. The van der Waals surface area contributed by atoms with E-state index >= 15 is 0 Å². The zero-order chi connectivity index (χ0) is 15.3. The van der Waals surface area contributed by atoms with Gasteiger partial charge in [0.2, 0.25) is 0 Å². The van der Waals surface area contributed by atoms with Crippen LogP contribution >= 0.6 is 0 Å². The van der Waals surface area contributed by atoms with Gasteiger partial charge < -0.3 is 10.3 Å². The van der Waals surface area contributed by atoms with Crippen LogP contribution in [-0.4, -0.2) is 53.1 Å². The third-order valence-electron chi connectivity index (χ3n) is 3.69. The zero-order valence-corrected chi connectivity index (χ0v) is 11.6. The molecule has 21 heavy (non-hydrogen) atoms. The van der Waals surface area contributed by atoms with Crippen LogP contribution in [0.5, 0.6) is 0 Å². The van der Waals surface area contributed by atoms with Crippen molar-refractivity contribution in [2.24, 2.45) is 5.92 Å². The average Bonchev–Trinajstić information content (AvgIpc) is 2.93. The normalized spacial score (nSPS) is 17.9. The maximum absolute atomic E-state index is 12.3. The number of nitrogens with zero attached hydrogens (tertiary/aromatic N) is 2. The Morgan fingerprint density at radius 2 is 2.14 bits per heavy atom. The van der Waals surface area contributed by atoms with Gasteiger partial charge in [0, 0.05) is 6.54 Å². The monoisotopic (exact) mass is 304 g/mol. The van der Waals surface area contributed by atoms with Gasteiger partial charge in [0.25, 0.3) is 5.91 Å². The lowest BCUT2D eigenvalue weighted by Crippen LogP contribution is -2.40. The second kappa shape index (κ2) is 6.93. The van der Waals surface area contributed by atoms with Crippen LogP contribution in [0.3, 0.4) is 0 Å². The molecule has 2 rings (SSSR count). The second-order valence-corrected chi connectivity index (χ2v) is 5.34. The van der Waals surface area contributed by atoms with Crippen molar-refractivity contribution in [1.82, 2.24) is 20.2 Å². The second-order valence-electron chi connectivity index (χ2n) is 5.34. The minimum atomic E-state index is -4.12. The molecule has 5 nitrogen and oxygen atoms in total. The number of amides is 1. The van der Waals surface area contributed by atoms with E-state index < -0.39 is 12.7 Å². The Morgan fingerprint density at radius 1 is 1.43 bits per heavy atom. The van der Waals surface area contributed by atoms with E-state index in [-0.39, 0.29) is 5.91 Å². The molecule has 0 aliphatic carbocycles. The highest BCUT2D eigenvalue weighted by molar-refractivity contribution is 5.91. The smallest absolute Gasteiger partial charge is 0.351 e. The first-order valence-electron chi connectivity index (χ1n) is 7.00. The van der Waals surface area contributed by atoms with E-state index in [1.165, 1.54) is 17.4 Å². The summed E-state index contributed by atoms with van der Waals surface area (Å²) < 4.78 is 36.8. The lowest BCUT2D eigenvalue weighted by Gasteiger charge is -2.32. The van der Waals surface area contributed by atoms with Crippen LogP contribution in [0, 0.1) is 5.92 Å². The fourth-order valence-corrected chi connectivity index (χ4v) is 2.55. The van der Waals surface area contributed by atoms with Crippen molar-refractivity contribution in [3.05, 3.63) is 18.2 Å². The number of likely N-dealkylation sites (tertiary alicyclic amines) is 1. The van der Waals surface area contributed by atoms with Crippen LogP contribution in [-0.2, 0) is 0 Å². The molecule has 1 aromatic heterocycles. The molecule has 2 N–H and O–H groups in total. The van der Waals surface area contributed by atoms with Crippen molar-refractivity contribution in [2.75, 3.05) is 26.2 Å². The molecular weight excluding hydrogens is 285 g/mol. The van der Waals surface area contributed by atoms with Gasteiger partial charge in [0.05, 0.1) is 19.1 Å². The Kier molecular flexibility index (Phi) is 5.22. The van der Waals surface area contributed by atoms with E-state index in [0.717, 1.165) is 19.3 Å². The topological polar surface area (TPSA) is 61.0 Å². The van der Waals surface area contributed by atoms with Crippen molar-refractivity contribution < 1.29 is 18.0 Å². The van der Waals surface area contributed by atoms with Crippen molar-refractivity contribution in [2.45, 2.75) is 25.4 Å². The summed E-state index contributed by atoms with van der Waals surface area (Å²) in [6, 6.07) is 0. The molecule has 0 spiro atoms. The Balaban J connectivity index is 1.62. The number of H-pyrrole nitrogens is 1. The Bertz CT molecular complexity index is 439. The van der Waals surface area contributed by atoms with Crippen molar-refractivity contribution in [1.29, 1.82) is 0 Å². The summed E-state index contributed by atoms with van der Waals surface area (Å²) in [5.74, 6) is 0.165. The summed E-state index contributed by atoms with van der Waals surface area (Å²) in [4.78, 5) is 19.6. The first-order chi connectivity index (χ1) is 9.94. The summed E-state index contributed by atoms with van der Waals surface area (Å²) in [5.41, 5.74) is 0.412. The molecule has 1 amide bonds. The largest absolute Gasteiger partial charge is 0.401 e. The predicted octanol–water partition coefficient (Wildman–Crippen LogP) is 1.80. The molecule has 1 aliphatic heterocycles. The van der Waals surface area contributed by atoms with E-state index in [1.54, 1.807) is 0 Å². The highest BCUT2D eigenvalue weighted by atomic mass is 19.4. The van der Waals surface area contributed by atoms with Crippen molar-refractivity contribution in [3.63, 3.8) is 0 Å². The summed E-state index contributed by atoms with van der Waals surface area (Å²) in [7, 11) is 0.